The third-order valence-electron chi connectivity index (χ3n) is 5.45. The molecule has 28 heavy (non-hydrogen) atoms. The van der Waals surface area contributed by atoms with Crippen molar-refractivity contribution in [2.45, 2.75) is 45.4 Å². The van der Waals surface area contributed by atoms with E-state index in [-0.39, 0.29) is 0 Å². The van der Waals surface area contributed by atoms with E-state index in [1.165, 1.54) is 40.7 Å². The third-order valence-corrected chi connectivity index (χ3v) is 5.45. The Morgan fingerprint density at radius 1 is 0.750 bits per heavy atom. The number of aromatic amines is 1. The van der Waals surface area contributed by atoms with Crippen LogP contribution in [0, 0.1) is 0 Å². The van der Waals surface area contributed by atoms with Crippen molar-refractivity contribution < 1.29 is 0 Å². The Balaban J connectivity index is 1.74. The van der Waals surface area contributed by atoms with Crippen molar-refractivity contribution in [3.05, 3.63) is 94.5 Å². The van der Waals surface area contributed by atoms with E-state index < -0.39 is 0 Å². The number of aromatic nitrogens is 3. The Kier molecular flexibility index (Phi) is 5.81. The van der Waals surface area contributed by atoms with Gasteiger partial charge < -0.3 is 0 Å². The summed E-state index contributed by atoms with van der Waals surface area (Å²) in [6, 6.07) is 23.7. The molecule has 0 spiro atoms. The van der Waals surface area contributed by atoms with Crippen LogP contribution in [0.5, 0.6) is 0 Å². The summed E-state index contributed by atoms with van der Waals surface area (Å²) in [7, 11) is 0. The lowest BCUT2D eigenvalue weighted by molar-refractivity contribution is 0.776. The van der Waals surface area contributed by atoms with Crippen molar-refractivity contribution >= 4 is 11.0 Å². The molecule has 3 nitrogen and oxygen atoms in total. The maximum atomic E-state index is 4.51. The molecule has 0 aliphatic carbocycles. The van der Waals surface area contributed by atoms with E-state index in [0.717, 1.165) is 36.7 Å². The second-order valence-electron chi connectivity index (χ2n) is 7.44. The molecule has 0 bridgehead atoms. The van der Waals surface area contributed by atoms with Crippen LogP contribution >= 0.6 is 0 Å². The van der Waals surface area contributed by atoms with Gasteiger partial charge in [0.1, 0.15) is 11.0 Å². The summed E-state index contributed by atoms with van der Waals surface area (Å²) >= 11 is 0. The second kappa shape index (κ2) is 8.83. The minimum absolute atomic E-state index is 0.905. The fraction of sp³-hybridized carbons (Fsp3) is 0.280. The zero-order valence-electron chi connectivity index (χ0n) is 16.5. The van der Waals surface area contributed by atoms with Gasteiger partial charge in [0.25, 0.3) is 0 Å². The van der Waals surface area contributed by atoms with E-state index in [4.69, 9.17) is 0 Å². The standard InChI is InChI=1S/C25H27N3/c1-2-3-14-22-21(16-15-19-10-6-4-7-11-19)18-24-25(27-28-26-24)23(22)17-20-12-8-5-9-13-20/h4-13,18H,2-3,14-17H2,1H3,(H,26,27,28). The van der Waals surface area contributed by atoms with Crippen LogP contribution in [-0.2, 0) is 25.7 Å². The molecule has 1 heterocycles. The van der Waals surface area contributed by atoms with Crippen molar-refractivity contribution in [2.24, 2.45) is 0 Å². The summed E-state index contributed by atoms with van der Waals surface area (Å²) in [6.07, 6.45) is 6.48. The van der Waals surface area contributed by atoms with Gasteiger partial charge in [0.15, 0.2) is 0 Å². The highest BCUT2D eigenvalue weighted by atomic mass is 15.3. The van der Waals surface area contributed by atoms with Crippen LogP contribution < -0.4 is 0 Å². The average molecular weight is 370 g/mol. The van der Waals surface area contributed by atoms with Gasteiger partial charge in [-0.2, -0.15) is 15.4 Å². The molecule has 0 unspecified atom stereocenters. The van der Waals surface area contributed by atoms with Crippen LogP contribution in [-0.4, -0.2) is 15.4 Å². The van der Waals surface area contributed by atoms with Crippen molar-refractivity contribution in [3.8, 4) is 0 Å². The van der Waals surface area contributed by atoms with Crippen LogP contribution in [0.1, 0.15) is 47.6 Å². The number of aryl methyl sites for hydroxylation is 2. The van der Waals surface area contributed by atoms with Gasteiger partial charge in [-0.1, -0.05) is 74.0 Å². The van der Waals surface area contributed by atoms with Crippen LogP contribution in [0.3, 0.4) is 0 Å². The molecule has 0 radical (unpaired) electrons. The Bertz CT molecular complexity index is 1020. The fourth-order valence-electron chi connectivity index (χ4n) is 3.95. The number of nitrogens with zero attached hydrogens (tertiary/aromatic N) is 2. The summed E-state index contributed by atoms with van der Waals surface area (Å²) in [6.45, 7) is 2.26. The molecule has 1 aromatic heterocycles. The summed E-state index contributed by atoms with van der Waals surface area (Å²) < 4.78 is 0. The summed E-state index contributed by atoms with van der Waals surface area (Å²) in [5, 5.41) is 11.8. The van der Waals surface area contributed by atoms with Crippen molar-refractivity contribution in [3.63, 3.8) is 0 Å². The zero-order chi connectivity index (χ0) is 19.2. The molecule has 4 aromatic rings. The Labute approximate surface area is 166 Å². The molecule has 0 aliphatic rings. The molecular formula is C25H27N3. The number of unbranched alkanes of at least 4 members (excludes halogenated alkanes) is 1. The number of benzene rings is 3. The molecule has 0 fully saturated rings. The van der Waals surface area contributed by atoms with E-state index in [1.807, 2.05) is 0 Å². The van der Waals surface area contributed by atoms with Gasteiger partial charge in [0.05, 0.1) is 0 Å². The van der Waals surface area contributed by atoms with Crippen molar-refractivity contribution in [1.29, 1.82) is 0 Å². The first-order valence-corrected chi connectivity index (χ1v) is 10.3. The monoisotopic (exact) mass is 369 g/mol. The molecule has 0 atom stereocenters. The number of hydrogen-bond acceptors (Lipinski definition) is 2. The first-order valence-electron chi connectivity index (χ1n) is 10.3. The predicted octanol–water partition coefficient (Wildman–Crippen LogP) is 5.68. The van der Waals surface area contributed by atoms with Crippen molar-refractivity contribution in [1.82, 2.24) is 15.4 Å². The topological polar surface area (TPSA) is 41.6 Å². The minimum atomic E-state index is 0.905. The molecule has 142 valence electrons. The third kappa shape index (κ3) is 4.14. The van der Waals surface area contributed by atoms with E-state index in [9.17, 15) is 0 Å². The molecule has 0 aliphatic heterocycles. The van der Waals surface area contributed by atoms with Crippen LogP contribution in [0.2, 0.25) is 0 Å². The molecule has 1 N–H and O–H groups in total. The van der Waals surface area contributed by atoms with Crippen molar-refractivity contribution in [2.75, 3.05) is 0 Å². The fourth-order valence-corrected chi connectivity index (χ4v) is 3.95. The van der Waals surface area contributed by atoms with Gasteiger partial charge in [0, 0.05) is 0 Å². The summed E-state index contributed by atoms with van der Waals surface area (Å²) in [4.78, 5) is 0. The zero-order valence-corrected chi connectivity index (χ0v) is 16.5. The SMILES string of the molecule is CCCCc1c(CCc2ccccc2)cc2n[nH]nc2c1Cc1ccccc1. The lowest BCUT2D eigenvalue weighted by Crippen LogP contribution is -2.05. The van der Waals surface area contributed by atoms with E-state index in [2.05, 4.69) is 89.1 Å². The summed E-state index contributed by atoms with van der Waals surface area (Å²) in [5.41, 5.74) is 8.95. The highest BCUT2D eigenvalue weighted by Crippen LogP contribution is 2.28. The Morgan fingerprint density at radius 2 is 1.46 bits per heavy atom. The molecule has 0 saturated carbocycles. The van der Waals surface area contributed by atoms with Gasteiger partial charge >= 0.3 is 0 Å². The van der Waals surface area contributed by atoms with Crippen LogP contribution in [0.4, 0.5) is 0 Å². The van der Waals surface area contributed by atoms with Gasteiger partial charge in [-0.3, -0.25) is 0 Å². The van der Waals surface area contributed by atoms with E-state index in [0.29, 0.717) is 0 Å². The van der Waals surface area contributed by atoms with Gasteiger partial charge in [0.2, 0.25) is 0 Å². The second-order valence-corrected chi connectivity index (χ2v) is 7.44. The maximum Gasteiger partial charge on any atom is 0.116 e. The molecule has 0 amide bonds. The smallest absolute Gasteiger partial charge is 0.116 e. The Morgan fingerprint density at radius 3 is 2.18 bits per heavy atom. The predicted molar refractivity (Wildman–Crippen MR) is 116 cm³/mol. The van der Waals surface area contributed by atoms with E-state index >= 15 is 0 Å². The molecule has 0 saturated heterocycles. The number of H-pyrrole nitrogens is 1. The normalized spacial score (nSPS) is 11.2. The molecular weight excluding hydrogens is 342 g/mol. The molecule has 3 heteroatoms. The highest BCUT2D eigenvalue weighted by Gasteiger charge is 2.16. The maximum absolute atomic E-state index is 4.51. The molecule has 3 aromatic carbocycles. The summed E-state index contributed by atoms with van der Waals surface area (Å²) in [5.74, 6) is 0. The number of fused-ring (bicyclic) bond motifs is 1. The lowest BCUT2D eigenvalue weighted by atomic mass is 9.88. The average Bonchev–Trinajstić information content (AvgIpc) is 3.21. The van der Waals surface area contributed by atoms with E-state index in [1.54, 1.807) is 0 Å². The minimum Gasteiger partial charge on any atom is -0.197 e. The largest absolute Gasteiger partial charge is 0.197 e. The number of nitrogens with one attached hydrogen (secondary N) is 1. The number of rotatable bonds is 8. The van der Waals surface area contributed by atoms with Gasteiger partial charge in [-0.15, -0.1) is 0 Å². The highest BCUT2D eigenvalue weighted by molar-refractivity contribution is 5.80. The van der Waals surface area contributed by atoms with Gasteiger partial charge in [-0.25, -0.2) is 0 Å². The van der Waals surface area contributed by atoms with Crippen LogP contribution in [0.15, 0.2) is 66.7 Å². The number of hydrogen-bond donors (Lipinski definition) is 1. The lowest BCUT2D eigenvalue weighted by Gasteiger charge is -2.16. The van der Waals surface area contributed by atoms with Gasteiger partial charge in [-0.05, 0) is 66.0 Å². The Hall–Kier alpha value is -2.94. The molecule has 4 rings (SSSR count). The quantitative estimate of drug-likeness (QED) is 0.434. The van der Waals surface area contributed by atoms with Crippen LogP contribution in [0.25, 0.3) is 11.0 Å². The first kappa shape index (κ1) is 18.4. The first-order chi connectivity index (χ1) is 13.8.